The van der Waals surface area contributed by atoms with Gasteiger partial charge in [-0.15, -0.1) is 0 Å². The Morgan fingerprint density at radius 1 is 1.00 bits per heavy atom. The van der Waals surface area contributed by atoms with Crippen LogP contribution in [0.2, 0.25) is 5.02 Å². The summed E-state index contributed by atoms with van der Waals surface area (Å²) in [7, 11) is 0. The number of amides is 2. The Balaban J connectivity index is 1.96. The van der Waals surface area contributed by atoms with Crippen LogP contribution in [0.25, 0.3) is 0 Å². The first-order valence-electron chi connectivity index (χ1n) is 6.05. The summed E-state index contributed by atoms with van der Waals surface area (Å²) in [6, 6.07) is 10.6. The van der Waals surface area contributed by atoms with Gasteiger partial charge in [0.2, 0.25) is 0 Å². The molecule has 0 spiro atoms. The van der Waals surface area contributed by atoms with Gasteiger partial charge >= 0.3 is 0 Å². The third-order valence-electron chi connectivity index (χ3n) is 3.07. The van der Waals surface area contributed by atoms with Crippen LogP contribution in [0.4, 0.5) is 4.39 Å². The van der Waals surface area contributed by atoms with E-state index in [0.29, 0.717) is 5.01 Å². The molecule has 0 N–H and O–H groups in total. The van der Waals surface area contributed by atoms with Crippen molar-refractivity contribution in [3.63, 3.8) is 0 Å². The molecule has 0 saturated carbocycles. The van der Waals surface area contributed by atoms with Crippen molar-refractivity contribution in [2.45, 2.75) is 0 Å². The van der Waals surface area contributed by atoms with Gasteiger partial charge in [0.25, 0.3) is 11.8 Å². The van der Waals surface area contributed by atoms with Gasteiger partial charge in [-0.05, 0) is 24.3 Å². The predicted molar refractivity (Wildman–Crippen MR) is 75.9 cm³/mol. The number of fused-ring (bicyclic) bond motifs is 1. The molecule has 1 aliphatic heterocycles. The van der Waals surface area contributed by atoms with E-state index in [4.69, 9.17) is 11.6 Å². The minimum absolute atomic E-state index is 0.0238. The van der Waals surface area contributed by atoms with Crippen molar-refractivity contribution < 1.29 is 14.0 Å². The number of hydrogen-bond donors (Lipinski definition) is 0. The second-order valence-electron chi connectivity index (χ2n) is 4.35. The van der Waals surface area contributed by atoms with Crippen LogP contribution < -0.4 is 0 Å². The summed E-state index contributed by atoms with van der Waals surface area (Å²) in [6.07, 6.45) is 1.07. The summed E-state index contributed by atoms with van der Waals surface area (Å²) >= 11 is 5.86. The summed E-state index contributed by atoms with van der Waals surface area (Å²) in [5.41, 5.74) is 0.578. The quantitative estimate of drug-likeness (QED) is 0.632. The Morgan fingerprint density at radius 3 is 2.19 bits per heavy atom. The van der Waals surface area contributed by atoms with Gasteiger partial charge in [0.1, 0.15) is 5.82 Å². The molecule has 4 nitrogen and oxygen atoms in total. The number of hydrogen-bond acceptors (Lipinski definition) is 3. The number of halogens is 2. The van der Waals surface area contributed by atoms with Crippen molar-refractivity contribution in [3.05, 3.63) is 70.0 Å². The number of nitrogens with zero attached hydrogens (tertiary/aromatic N) is 2. The monoisotopic (exact) mass is 302 g/mol. The zero-order chi connectivity index (χ0) is 15.0. The number of carbonyl (C=O) groups is 2. The highest BCUT2D eigenvalue weighted by Gasteiger charge is 2.35. The van der Waals surface area contributed by atoms with Crippen LogP contribution in [-0.2, 0) is 0 Å². The van der Waals surface area contributed by atoms with Crippen molar-refractivity contribution >= 4 is 29.6 Å². The fourth-order valence-electron chi connectivity index (χ4n) is 2.03. The van der Waals surface area contributed by atoms with Gasteiger partial charge in [-0.3, -0.25) is 9.59 Å². The van der Waals surface area contributed by atoms with Gasteiger partial charge < -0.3 is 0 Å². The van der Waals surface area contributed by atoms with Gasteiger partial charge in [-0.25, -0.2) is 4.39 Å². The summed E-state index contributed by atoms with van der Waals surface area (Å²) < 4.78 is 13.6. The molecule has 0 unspecified atom stereocenters. The molecule has 0 fully saturated rings. The number of hydrazone groups is 1. The van der Waals surface area contributed by atoms with Crippen molar-refractivity contribution in [1.82, 2.24) is 5.01 Å². The molecule has 0 aromatic heterocycles. The molecule has 2 amide bonds. The molecule has 0 atom stereocenters. The molecule has 3 rings (SSSR count). The predicted octanol–water partition coefficient (Wildman–Crippen LogP) is 3.11. The van der Waals surface area contributed by atoms with Crippen molar-refractivity contribution in [1.29, 1.82) is 0 Å². The van der Waals surface area contributed by atoms with Crippen LogP contribution in [0, 0.1) is 5.82 Å². The molecule has 1 heterocycles. The SMILES string of the molecule is O=C1c2ccccc2C(=O)N1/N=C\c1c(F)cccc1Cl. The molecule has 2 aromatic carbocycles. The Bertz CT molecular complexity index is 734. The summed E-state index contributed by atoms with van der Waals surface area (Å²) in [4.78, 5) is 24.1. The number of carbonyl (C=O) groups excluding carboxylic acids is 2. The zero-order valence-electron chi connectivity index (χ0n) is 10.6. The van der Waals surface area contributed by atoms with E-state index in [0.717, 1.165) is 6.21 Å². The van der Waals surface area contributed by atoms with E-state index in [2.05, 4.69) is 5.10 Å². The highest BCUT2D eigenvalue weighted by Crippen LogP contribution is 2.23. The molecule has 0 radical (unpaired) electrons. The van der Waals surface area contributed by atoms with Gasteiger partial charge in [-0.1, -0.05) is 29.8 Å². The van der Waals surface area contributed by atoms with Gasteiger partial charge in [0.05, 0.1) is 22.4 Å². The summed E-state index contributed by atoms with van der Waals surface area (Å²) in [5, 5.41) is 4.63. The lowest BCUT2D eigenvalue weighted by atomic mass is 10.1. The second-order valence-corrected chi connectivity index (χ2v) is 4.75. The maximum absolute atomic E-state index is 13.6. The Hall–Kier alpha value is -2.53. The smallest absolute Gasteiger partial charge is 0.267 e. The second kappa shape index (κ2) is 5.10. The fourth-order valence-corrected chi connectivity index (χ4v) is 2.24. The first-order valence-corrected chi connectivity index (χ1v) is 6.43. The van der Waals surface area contributed by atoms with Crippen LogP contribution in [-0.4, -0.2) is 23.0 Å². The van der Waals surface area contributed by atoms with Crippen LogP contribution >= 0.6 is 11.6 Å². The summed E-state index contributed by atoms with van der Waals surface area (Å²) in [5.74, 6) is -1.67. The fraction of sp³-hybridized carbons (Fsp3) is 0. The molecule has 6 heteroatoms. The average Bonchev–Trinajstić information content (AvgIpc) is 2.72. The molecule has 21 heavy (non-hydrogen) atoms. The highest BCUT2D eigenvalue weighted by atomic mass is 35.5. The molecular weight excluding hydrogens is 295 g/mol. The lowest BCUT2D eigenvalue weighted by Crippen LogP contribution is -2.24. The third-order valence-corrected chi connectivity index (χ3v) is 3.40. The average molecular weight is 303 g/mol. The van der Waals surface area contributed by atoms with Crippen LogP contribution in [0.5, 0.6) is 0 Å². The number of rotatable bonds is 2. The normalized spacial score (nSPS) is 14.1. The van der Waals surface area contributed by atoms with Gasteiger partial charge in [-0.2, -0.15) is 10.1 Å². The minimum atomic E-state index is -0.581. The van der Waals surface area contributed by atoms with Crippen molar-refractivity contribution in [2.75, 3.05) is 0 Å². The maximum atomic E-state index is 13.6. The standard InChI is InChI=1S/C15H8ClFN2O2/c16-12-6-3-7-13(17)11(12)8-18-19-14(20)9-4-1-2-5-10(9)15(19)21/h1-8H/b18-8-. The van der Waals surface area contributed by atoms with E-state index in [1.54, 1.807) is 24.3 Å². The lowest BCUT2D eigenvalue weighted by molar-refractivity contribution is 0.0660. The topological polar surface area (TPSA) is 49.7 Å². The number of benzene rings is 2. The Kier molecular flexibility index (Phi) is 3.27. The molecule has 1 aliphatic rings. The Morgan fingerprint density at radius 2 is 1.62 bits per heavy atom. The van der Waals surface area contributed by atoms with Crippen molar-refractivity contribution in [3.8, 4) is 0 Å². The molecular formula is C15H8ClFN2O2. The van der Waals surface area contributed by atoms with Gasteiger partial charge in [0, 0.05) is 5.56 Å². The van der Waals surface area contributed by atoms with E-state index in [1.807, 2.05) is 0 Å². The zero-order valence-corrected chi connectivity index (χ0v) is 11.3. The van der Waals surface area contributed by atoms with E-state index in [9.17, 15) is 14.0 Å². The van der Waals surface area contributed by atoms with E-state index in [1.165, 1.54) is 18.2 Å². The summed E-state index contributed by atoms with van der Waals surface area (Å²) in [6.45, 7) is 0. The maximum Gasteiger partial charge on any atom is 0.282 e. The van der Waals surface area contributed by atoms with Crippen LogP contribution in [0.1, 0.15) is 26.3 Å². The Labute approximate surface area is 124 Å². The largest absolute Gasteiger partial charge is 0.282 e. The number of imide groups is 1. The van der Waals surface area contributed by atoms with E-state index >= 15 is 0 Å². The first-order chi connectivity index (χ1) is 10.1. The molecule has 0 saturated heterocycles. The molecule has 0 aliphatic carbocycles. The molecule has 104 valence electrons. The molecule has 2 aromatic rings. The van der Waals surface area contributed by atoms with Crippen LogP contribution in [0.3, 0.4) is 0 Å². The van der Waals surface area contributed by atoms with E-state index in [-0.39, 0.29) is 21.7 Å². The molecule has 0 bridgehead atoms. The minimum Gasteiger partial charge on any atom is -0.267 e. The first kappa shape index (κ1) is 13.5. The van der Waals surface area contributed by atoms with Crippen molar-refractivity contribution in [2.24, 2.45) is 5.10 Å². The van der Waals surface area contributed by atoms with E-state index < -0.39 is 17.6 Å². The highest BCUT2D eigenvalue weighted by molar-refractivity contribution is 6.33. The van der Waals surface area contributed by atoms with Crippen LogP contribution in [0.15, 0.2) is 47.6 Å². The lowest BCUT2D eigenvalue weighted by Gasteiger charge is -2.06. The third kappa shape index (κ3) is 2.21. The van der Waals surface area contributed by atoms with Gasteiger partial charge in [0.15, 0.2) is 0 Å².